The fourth-order valence-corrected chi connectivity index (χ4v) is 4.33. The molecule has 1 saturated heterocycles. The Morgan fingerprint density at radius 2 is 1.69 bits per heavy atom. The van der Waals surface area contributed by atoms with Gasteiger partial charge in [-0.1, -0.05) is 18.2 Å². The second-order valence-electron chi connectivity index (χ2n) is 8.72. The summed E-state index contributed by atoms with van der Waals surface area (Å²) < 4.78 is 40.6. The van der Waals surface area contributed by atoms with Crippen LogP contribution >= 0.6 is 0 Å². The lowest BCUT2D eigenvalue weighted by atomic mass is 10.1. The molecular weight excluding hydrogens is 473 g/mol. The number of carbonyl (C=O) groups excluding carboxylic acids is 3. The molecule has 1 aliphatic rings. The number of benzene rings is 2. The van der Waals surface area contributed by atoms with Gasteiger partial charge in [0, 0.05) is 25.2 Å². The van der Waals surface area contributed by atoms with E-state index in [-0.39, 0.29) is 35.1 Å². The molecule has 188 valence electrons. The number of rotatable bonds is 6. The quantitative estimate of drug-likeness (QED) is 0.407. The zero-order valence-corrected chi connectivity index (χ0v) is 19.9. The molecule has 0 aliphatic carbocycles. The van der Waals surface area contributed by atoms with Crippen LogP contribution in [-0.4, -0.2) is 45.4 Å². The van der Waals surface area contributed by atoms with Crippen molar-refractivity contribution in [2.24, 2.45) is 0 Å². The van der Waals surface area contributed by atoms with Crippen LogP contribution in [0, 0.1) is 13.8 Å². The number of halogens is 3. The minimum atomic E-state index is -4.53. The topological polar surface area (TPSA) is 84.3 Å². The number of hydrogen-bond acceptors (Lipinski definition) is 4. The van der Waals surface area contributed by atoms with Gasteiger partial charge in [-0.2, -0.15) is 18.3 Å². The van der Waals surface area contributed by atoms with Crippen molar-refractivity contribution in [3.63, 3.8) is 0 Å². The summed E-state index contributed by atoms with van der Waals surface area (Å²) in [6.45, 7) is 4.52. The molecule has 10 heteroatoms. The van der Waals surface area contributed by atoms with Gasteiger partial charge in [0.05, 0.1) is 28.2 Å². The number of ketones is 1. The Bertz CT molecular complexity index is 1320. The predicted molar refractivity (Wildman–Crippen MR) is 126 cm³/mol. The van der Waals surface area contributed by atoms with Crippen molar-refractivity contribution < 1.29 is 27.6 Å². The van der Waals surface area contributed by atoms with Crippen LogP contribution in [0.5, 0.6) is 0 Å². The first kappa shape index (κ1) is 25.2. The second-order valence-corrected chi connectivity index (χ2v) is 8.72. The predicted octanol–water partition coefficient (Wildman–Crippen LogP) is 4.24. The van der Waals surface area contributed by atoms with Crippen LogP contribution in [0.4, 0.5) is 13.2 Å². The fourth-order valence-electron chi connectivity index (χ4n) is 4.33. The second kappa shape index (κ2) is 9.96. The lowest BCUT2D eigenvalue weighted by Gasteiger charge is -2.15. The van der Waals surface area contributed by atoms with E-state index in [2.05, 4.69) is 10.4 Å². The molecule has 1 aromatic heterocycles. The Hall–Kier alpha value is -3.95. The third-order valence-corrected chi connectivity index (χ3v) is 6.16. The summed E-state index contributed by atoms with van der Waals surface area (Å²) in [5.41, 5.74) is 0.975. The number of aromatic nitrogens is 2. The number of carbonyl (C=O) groups is 3. The summed E-state index contributed by atoms with van der Waals surface area (Å²) in [5.74, 6) is -1.78. The number of alkyl halides is 3. The van der Waals surface area contributed by atoms with Crippen LogP contribution in [0.3, 0.4) is 0 Å². The minimum absolute atomic E-state index is 0.0304. The average Bonchev–Trinajstić information content (AvgIpc) is 3.49. The van der Waals surface area contributed by atoms with Gasteiger partial charge >= 0.3 is 6.18 Å². The number of amides is 2. The maximum Gasteiger partial charge on any atom is 0.416 e. The Kier molecular flexibility index (Phi) is 6.96. The molecule has 1 N–H and O–H groups in total. The third kappa shape index (κ3) is 5.17. The van der Waals surface area contributed by atoms with Crippen LogP contribution in [0.25, 0.3) is 5.69 Å². The molecule has 7 nitrogen and oxygen atoms in total. The van der Waals surface area contributed by atoms with E-state index in [1.54, 1.807) is 29.2 Å². The molecule has 1 aliphatic heterocycles. The Balaban J connectivity index is 1.48. The zero-order chi connectivity index (χ0) is 26.0. The van der Waals surface area contributed by atoms with Crippen molar-refractivity contribution in [1.29, 1.82) is 0 Å². The van der Waals surface area contributed by atoms with Crippen molar-refractivity contribution >= 4 is 17.6 Å². The number of nitrogens with zero attached hydrogens (tertiary/aromatic N) is 3. The summed E-state index contributed by atoms with van der Waals surface area (Å²) in [4.78, 5) is 40.0. The molecule has 0 spiro atoms. The van der Waals surface area contributed by atoms with Gasteiger partial charge in [-0.05, 0) is 62.6 Å². The summed E-state index contributed by atoms with van der Waals surface area (Å²) >= 11 is 0. The van der Waals surface area contributed by atoms with Gasteiger partial charge in [-0.3, -0.25) is 14.4 Å². The van der Waals surface area contributed by atoms with Gasteiger partial charge in [-0.15, -0.1) is 0 Å². The molecule has 2 heterocycles. The van der Waals surface area contributed by atoms with Crippen molar-refractivity contribution in [1.82, 2.24) is 20.0 Å². The van der Waals surface area contributed by atoms with Crippen LogP contribution in [0.15, 0.2) is 48.5 Å². The van der Waals surface area contributed by atoms with Crippen molar-refractivity contribution in [3.05, 3.63) is 82.2 Å². The third-order valence-electron chi connectivity index (χ3n) is 6.16. The molecule has 0 saturated carbocycles. The number of likely N-dealkylation sites (tertiary alicyclic amines) is 1. The normalized spacial score (nSPS) is 13.6. The standard InChI is InChI=1S/C26H25F3N4O3/c1-16-22(17(2)33(31-16)21-10-6-9-20(14-21)26(27,28)29)23(34)24(35)30-15-18-7-5-8-19(13-18)25(36)32-11-3-4-12-32/h5-10,13-14H,3-4,11-12,15H2,1-2H3,(H,30,35). The Morgan fingerprint density at radius 1 is 1.00 bits per heavy atom. The highest BCUT2D eigenvalue weighted by atomic mass is 19.4. The molecule has 4 rings (SSSR count). The summed E-state index contributed by atoms with van der Waals surface area (Å²) in [5, 5.41) is 6.77. The van der Waals surface area contributed by atoms with E-state index < -0.39 is 23.4 Å². The monoisotopic (exact) mass is 498 g/mol. The first-order chi connectivity index (χ1) is 17.1. The Labute approximate surface area is 205 Å². The van der Waals surface area contributed by atoms with Crippen molar-refractivity contribution in [3.8, 4) is 5.69 Å². The first-order valence-corrected chi connectivity index (χ1v) is 11.5. The number of Topliss-reactive ketones (excluding diaryl/α,β-unsaturated/α-hetero) is 1. The maximum absolute atomic E-state index is 13.1. The molecule has 36 heavy (non-hydrogen) atoms. The molecule has 0 unspecified atom stereocenters. The van der Waals surface area contributed by atoms with Gasteiger partial charge in [0.15, 0.2) is 0 Å². The largest absolute Gasteiger partial charge is 0.416 e. The molecule has 1 fully saturated rings. The van der Waals surface area contributed by atoms with Gasteiger partial charge in [-0.25, -0.2) is 4.68 Å². The molecule has 3 aromatic rings. The molecular formula is C26H25F3N4O3. The number of hydrogen-bond donors (Lipinski definition) is 1. The van der Waals surface area contributed by atoms with Gasteiger partial charge in [0.1, 0.15) is 0 Å². The lowest BCUT2D eigenvalue weighted by molar-refractivity contribution is -0.137. The summed E-state index contributed by atoms with van der Waals surface area (Å²) in [6, 6.07) is 11.4. The molecule has 0 radical (unpaired) electrons. The first-order valence-electron chi connectivity index (χ1n) is 11.5. The van der Waals surface area contributed by atoms with E-state index in [0.29, 0.717) is 11.1 Å². The zero-order valence-electron chi connectivity index (χ0n) is 19.9. The van der Waals surface area contributed by atoms with Crippen LogP contribution in [0.2, 0.25) is 0 Å². The van der Waals surface area contributed by atoms with Crippen LogP contribution < -0.4 is 5.32 Å². The molecule has 0 bridgehead atoms. The summed E-state index contributed by atoms with van der Waals surface area (Å²) in [6.07, 6.45) is -2.57. The highest BCUT2D eigenvalue weighted by Gasteiger charge is 2.31. The van der Waals surface area contributed by atoms with Crippen LogP contribution in [0.1, 0.15) is 56.1 Å². The van der Waals surface area contributed by atoms with E-state index in [0.717, 1.165) is 38.1 Å². The fraction of sp³-hybridized carbons (Fsp3) is 0.308. The number of nitrogens with one attached hydrogen (secondary N) is 1. The lowest BCUT2D eigenvalue weighted by Crippen LogP contribution is -2.31. The summed E-state index contributed by atoms with van der Waals surface area (Å²) in [7, 11) is 0. The van der Waals surface area contributed by atoms with E-state index in [4.69, 9.17) is 0 Å². The SMILES string of the molecule is Cc1nn(-c2cccc(C(F)(F)F)c2)c(C)c1C(=O)C(=O)NCc1cccc(C(=O)N2CCCC2)c1. The van der Waals surface area contributed by atoms with Crippen LogP contribution in [-0.2, 0) is 17.5 Å². The van der Waals surface area contributed by atoms with Gasteiger partial charge < -0.3 is 10.2 Å². The smallest absolute Gasteiger partial charge is 0.345 e. The van der Waals surface area contributed by atoms with Gasteiger partial charge in [0.25, 0.3) is 17.6 Å². The number of aryl methyl sites for hydroxylation is 1. The molecule has 0 atom stereocenters. The minimum Gasteiger partial charge on any atom is -0.345 e. The van der Waals surface area contributed by atoms with Crippen molar-refractivity contribution in [2.75, 3.05) is 13.1 Å². The molecule has 2 aromatic carbocycles. The van der Waals surface area contributed by atoms with E-state index >= 15 is 0 Å². The Morgan fingerprint density at radius 3 is 2.39 bits per heavy atom. The van der Waals surface area contributed by atoms with E-state index in [1.165, 1.54) is 30.7 Å². The van der Waals surface area contributed by atoms with E-state index in [1.807, 2.05) is 0 Å². The van der Waals surface area contributed by atoms with Gasteiger partial charge in [0.2, 0.25) is 0 Å². The average molecular weight is 499 g/mol. The maximum atomic E-state index is 13.1. The highest BCUT2D eigenvalue weighted by molar-refractivity contribution is 6.43. The van der Waals surface area contributed by atoms with Crippen molar-refractivity contribution in [2.45, 2.75) is 39.4 Å². The molecule has 2 amide bonds. The highest BCUT2D eigenvalue weighted by Crippen LogP contribution is 2.31. The van der Waals surface area contributed by atoms with E-state index in [9.17, 15) is 27.6 Å².